The second-order valence-corrected chi connectivity index (χ2v) is 10.8. The monoisotopic (exact) mass is 395 g/mol. The SMILES string of the molecule is CC(C)(C)C1CC(OC(=O)C(=O)N2CCCC(C(C)(C)C)C2)CC(C(=O)O)C1. The third kappa shape index (κ3) is 5.71. The van der Waals surface area contributed by atoms with E-state index in [-0.39, 0.29) is 23.2 Å². The molecule has 4 unspecified atom stereocenters. The van der Waals surface area contributed by atoms with E-state index in [2.05, 4.69) is 41.5 Å². The van der Waals surface area contributed by atoms with Crippen LogP contribution in [0.4, 0.5) is 0 Å². The molecule has 0 aromatic rings. The minimum Gasteiger partial charge on any atom is -0.481 e. The molecule has 2 fully saturated rings. The van der Waals surface area contributed by atoms with Crippen LogP contribution in [0.15, 0.2) is 0 Å². The largest absolute Gasteiger partial charge is 0.481 e. The molecule has 1 aliphatic carbocycles. The van der Waals surface area contributed by atoms with Crippen LogP contribution in [0.5, 0.6) is 0 Å². The highest BCUT2D eigenvalue weighted by Crippen LogP contribution is 2.41. The smallest absolute Gasteiger partial charge is 0.397 e. The van der Waals surface area contributed by atoms with Crippen molar-refractivity contribution in [2.24, 2.45) is 28.6 Å². The number of amides is 1. The van der Waals surface area contributed by atoms with Crippen molar-refractivity contribution in [1.82, 2.24) is 4.90 Å². The van der Waals surface area contributed by atoms with Gasteiger partial charge < -0.3 is 14.7 Å². The number of piperidine rings is 1. The van der Waals surface area contributed by atoms with Crippen molar-refractivity contribution in [2.75, 3.05) is 13.1 Å². The predicted octanol–water partition coefficient (Wildman–Crippen LogP) is 3.73. The lowest BCUT2D eigenvalue weighted by molar-refractivity contribution is -0.169. The van der Waals surface area contributed by atoms with Gasteiger partial charge in [0.1, 0.15) is 6.10 Å². The van der Waals surface area contributed by atoms with Crippen LogP contribution in [0.25, 0.3) is 0 Å². The number of rotatable bonds is 2. The maximum atomic E-state index is 12.7. The highest BCUT2D eigenvalue weighted by molar-refractivity contribution is 6.32. The average molecular weight is 396 g/mol. The van der Waals surface area contributed by atoms with Crippen LogP contribution in [0.3, 0.4) is 0 Å². The van der Waals surface area contributed by atoms with E-state index < -0.39 is 29.9 Å². The molecule has 28 heavy (non-hydrogen) atoms. The first kappa shape index (κ1) is 22.7. The van der Waals surface area contributed by atoms with Crippen LogP contribution in [-0.4, -0.2) is 47.0 Å². The zero-order valence-electron chi connectivity index (χ0n) is 18.3. The van der Waals surface area contributed by atoms with Crippen molar-refractivity contribution in [3.8, 4) is 0 Å². The Morgan fingerprint density at radius 3 is 2.07 bits per heavy atom. The molecule has 2 aliphatic rings. The minimum atomic E-state index is -0.856. The van der Waals surface area contributed by atoms with E-state index in [1.165, 1.54) is 0 Å². The Morgan fingerprint density at radius 1 is 0.929 bits per heavy atom. The van der Waals surface area contributed by atoms with Gasteiger partial charge in [-0.2, -0.15) is 0 Å². The first-order valence-corrected chi connectivity index (χ1v) is 10.5. The molecule has 0 spiro atoms. The second kappa shape index (κ2) is 8.42. The van der Waals surface area contributed by atoms with Gasteiger partial charge >= 0.3 is 17.8 Å². The zero-order valence-corrected chi connectivity index (χ0v) is 18.3. The molecule has 0 aromatic carbocycles. The third-order valence-electron chi connectivity index (χ3n) is 6.62. The van der Waals surface area contributed by atoms with Crippen LogP contribution in [0.2, 0.25) is 0 Å². The second-order valence-electron chi connectivity index (χ2n) is 10.8. The molecular formula is C22H37NO5. The summed E-state index contributed by atoms with van der Waals surface area (Å²) in [6.07, 6.45) is 2.90. The predicted molar refractivity (Wildman–Crippen MR) is 107 cm³/mol. The number of carbonyl (C=O) groups excluding carboxylic acids is 2. The molecule has 1 heterocycles. The lowest BCUT2D eigenvalue weighted by Crippen LogP contribution is -2.48. The van der Waals surface area contributed by atoms with Crippen LogP contribution in [-0.2, 0) is 19.1 Å². The summed E-state index contributed by atoms with van der Waals surface area (Å²) in [4.78, 5) is 38.4. The number of aliphatic carboxylic acids is 1. The van der Waals surface area contributed by atoms with E-state index in [1.807, 2.05) is 0 Å². The zero-order chi connectivity index (χ0) is 21.3. The van der Waals surface area contributed by atoms with Crippen LogP contribution < -0.4 is 0 Å². The van der Waals surface area contributed by atoms with Crippen molar-refractivity contribution in [2.45, 2.75) is 79.8 Å². The van der Waals surface area contributed by atoms with E-state index in [1.54, 1.807) is 4.90 Å². The Labute approximate surface area is 169 Å². The molecule has 2 rings (SSSR count). The van der Waals surface area contributed by atoms with Gasteiger partial charge in [0.25, 0.3) is 0 Å². The Kier molecular flexibility index (Phi) is 6.82. The van der Waals surface area contributed by atoms with Gasteiger partial charge in [-0.3, -0.25) is 9.59 Å². The molecule has 1 aliphatic heterocycles. The first-order chi connectivity index (χ1) is 12.8. The molecule has 1 saturated heterocycles. The molecule has 160 valence electrons. The Balaban J connectivity index is 2.02. The Bertz CT molecular complexity index is 601. The molecule has 1 saturated carbocycles. The van der Waals surface area contributed by atoms with Crippen molar-refractivity contribution in [3.63, 3.8) is 0 Å². The van der Waals surface area contributed by atoms with Crippen molar-refractivity contribution in [1.29, 1.82) is 0 Å². The average Bonchev–Trinajstić information content (AvgIpc) is 2.59. The maximum absolute atomic E-state index is 12.7. The number of nitrogens with zero attached hydrogens (tertiary/aromatic N) is 1. The maximum Gasteiger partial charge on any atom is 0.397 e. The van der Waals surface area contributed by atoms with Gasteiger partial charge in [0.05, 0.1) is 5.92 Å². The van der Waals surface area contributed by atoms with E-state index in [0.29, 0.717) is 31.8 Å². The number of carbonyl (C=O) groups is 3. The topological polar surface area (TPSA) is 83.9 Å². The molecule has 0 bridgehead atoms. The van der Waals surface area contributed by atoms with Gasteiger partial charge in [-0.15, -0.1) is 0 Å². The van der Waals surface area contributed by atoms with Crippen molar-refractivity contribution < 1.29 is 24.2 Å². The number of hydrogen-bond donors (Lipinski definition) is 1. The molecule has 6 nitrogen and oxygen atoms in total. The fraction of sp³-hybridized carbons (Fsp3) is 0.864. The molecule has 1 amide bonds. The fourth-order valence-corrected chi connectivity index (χ4v) is 4.47. The number of ether oxygens (including phenoxy) is 1. The molecule has 4 atom stereocenters. The van der Waals surface area contributed by atoms with E-state index >= 15 is 0 Å². The summed E-state index contributed by atoms with van der Waals surface area (Å²) in [5, 5.41) is 9.48. The van der Waals surface area contributed by atoms with E-state index in [4.69, 9.17) is 4.74 Å². The summed E-state index contributed by atoms with van der Waals surface area (Å²) in [6, 6.07) is 0. The highest BCUT2D eigenvalue weighted by Gasteiger charge is 2.41. The standard InChI is InChI=1S/C22H37NO5/c1-21(2,3)15-8-7-9-23(13-15)18(24)20(27)28-17-11-14(19(25)26)10-16(12-17)22(4,5)6/h14-17H,7-13H2,1-6H3,(H,25,26). The normalized spacial score (nSPS) is 29.3. The van der Waals surface area contributed by atoms with Gasteiger partial charge in [0, 0.05) is 13.1 Å². The lowest BCUT2D eigenvalue weighted by atomic mass is 9.68. The molecule has 1 N–H and O–H groups in total. The van der Waals surface area contributed by atoms with Crippen molar-refractivity contribution >= 4 is 17.8 Å². The van der Waals surface area contributed by atoms with Crippen molar-refractivity contribution in [3.05, 3.63) is 0 Å². The molecule has 0 radical (unpaired) electrons. The summed E-state index contributed by atoms with van der Waals surface area (Å²) in [6.45, 7) is 13.9. The number of carboxylic acid groups (broad SMARTS) is 1. The summed E-state index contributed by atoms with van der Waals surface area (Å²) in [5.41, 5.74) is 0.0104. The minimum absolute atomic E-state index is 0.0738. The number of hydrogen-bond acceptors (Lipinski definition) is 4. The van der Waals surface area contributed by atoms with Crippen LogP contribution in [0, 0.1) is 28.6 Å². The summed E-state index contributed by atoms with van der Waals surface area (Å²) in [7, 11) is 0. The number of esters is 1. The van der Waals surface area contributed by atoms with Crippen LogP contribution >= 0.6 is 0 Å². The Hall–Kier alpha value is -1.59. The number of likely N-dealkylation sites (tertiary alicyclic amines) is 1. The lowest BCUT2D eigenvalue weighted by Gasteiger charge is -2.40. The quantitative estimate of drug-likeness (QED) is 0.569. The van der Waals surface area contributed by atoms with Gasteiger partial charge in [0.15, 0.2) is 0 Å². The third-order valence-corrected chi connectivity index (χ3v) is 6.62. The molecule has 6 heteroatoms. The summed E-state index contributed by atoms with van der Waals surface area (Å²) >= 11 is 0. The molecular weight excluding hydrogens is 358 g/mol. The van der Waals surface area contributed by atoms with Crippen LogP contribution in [0.1, 0.15) is 73.6 Å². The Morgan fingerprint density at radius 2 is 1.54 bits per heavy atom. The summed E-state index contributed by atoms with van der Waals surface area (Å²) < 4.78 is 5.54. The van der Waals surface area contributed by atoms with Gasteiger partial charge in [0.2, 0.25) is 0 Å². The number of carboxylic acids is 1. The highest BCUT2D eigenvalue weighted by atomic mass is 16.5. The van der Waals surface area contributed by atoms with Gasteiger partial charge in [-0.25, -0.2) is 4.79 Å². The van der Waals surface area contributed by atoms with E-state index in [0.717, 1.165) is 12.8 Å². The van der Waals surface area contributed by atoms with E-state index in [9.17, 15) is 19.5 Å². The fourth-order valence-electron chi connectivity index (χ4n) is 4.47. The first-order valence-electron chi connectivity index (χ1n) is 10.5. The van der Waals surface area contributed by atoms with Gasteiger partial charge in [-0.1, -0.05) is 41.5 Å². The summed E-state index contributed by atoms with van der Waals surface area (Å²) in [5.74, 6) is -2.32. The molecule has 0 aromatic heterocycles. The van der Waals surface area contributed by atoms with Gasteiger partial charge in [-0.05, 0) is 54.8 Å².